The van der Waals surface area contributed by atoms with E-state index in [1.54, 1.807) is 24.3 Å². The van der Waals surface area contributed by atoms with E-state index in [-0.39, 0.29) is 0 Å². The second-order valence-electron chi connectivity index (χ2n) is 4.99. The summed E-state index contributed by atoms with van der Waals surface area (Å²) in [5.41, 5.74) is 0.551. The molecule has 0 amide bonds. The number of halogens is 1. The van der Waals surface area contributed by atoms with Crippen molar-refractivity contribution < 1.29 is 8.42 Å². The second kappa shape index (κ2) is 6.08. The molecule has 3 rings (SSSR count). The summed E-state index contributed by atoms with van der Waals surface area (Å²) in [5.74, 6) is 0. The van der Waals surface area contributed by atoms with Crippen LogP contribution in [0.25, 0.3) is 0 Å². The zero-order valence-electron chi connectivity index (χ0n) is 11.2. The molecule has 1 aromatic heterocycles. The van der Waals surface area contributed by atoms with E-state index in [9.17, 15) is 8.42 Å². The Kier molecular flexibility index (Phi) is 4.35. The summed E-state index contributed by atoms with van der Waals surface area (Å²) in [4.78, 5) is 1.04. The Labute approximate surface area is 136 Å². The average molecular weight is 387 g/mol. The Hall–Kier alpha value is -0.890. The van der Waals surface area contributed by atoms with Gasteiger partial charge in [0.25, 0.3) is 10.0 Å². The maximum atomic E-state index is 12.3. The van der Waals surface area contributed by atoms with Crippen molar-refractivity contribution in [2.75, 3.05) is 4.72 Å². The molecule has 1 fully saturated rings. The molecule has 4 nitrogen and oxygen atoms in total. The smallest absolute Gasteiger partial charge is 0.271 e. The standard InChI is InChI=1S/C14H15BrN2O2S2/c15-10-2-1-3-12(8-10)17-21(18,19)14-7-6-13(20-14)9-16-11-4-5-11/h1-3,6-8,11,16-17H,4-5,9H2. The Morgan fingerprint density at radius 1 is 1.24 bits per heavy atom. The molecule has 1 heterocycles. The molecule has 2 aromatic rings. The number of nitrogens with one attached hydrogen (secondary N) is 2. The minimum Gasteiger partial charge on any atom is -0.309 e. The maximum absolute atomic E-state index is 12.3. The van der Waals surface area contributed by atoms with Gasteiger partial charge >= 0.3 is 0 Å². The Bertz CT molecular complexity index is 739. The molecule has 1 aliphatic carbocycles. The molecule has 0 atom stereocenters. The predicted octanol–water partition coefficient (Wildman–Crippen LogP) is 3.56. The lowest BCUT2D eigenvalue weighted by Gasteiger charge is -2.06. The highest BCUT2D eigenvalue weighted by molar-refractivity contribution is 9.10. The van der Waals surface area contributed by atoms with Crippen molar-refractivity contribution in [3.63, 3.8) is 0 Å². The van der Waals surface area contributed by atoms with Gasteiger partial charge in [-0.25, -0.2) is 8.42 Å². The van der Waals surface area contributed by atoms with Crippen LogP contribution in [0.5, 0.6) is 0 Å². The van der Waals surface area contributed by atoms with Gasteiger partial charge in [0.15, 0.2) is 0 Å². The number of rotatable bonds is 6. The third kappa shape index (κ3) is 4.06. The molecular formula is C14H15BrN2O2S2. The summed E-state index contributed by atoms with van der Waals surface area (Å²) in [6.07, 6.45) is 2.45. The minimum atomic E-state index is -3.51. The SMILES string of the molecule is O=S(=O)(Nc1cccc(Br)c1)c1ccc(CNC2CC2)s1. The molecule has 112 valence electrons. The monoisotopic (exact) mass is 386 g/mol. The summed E-state index contributed by atoms with van der Waals surface area (Å²) >= 11 is 4.64. The first-order valence-corrected chi connectivity index (χ1v) is 9.73. The van der Waals surface area contributed by atoms with E-state index < -0.39 is 10.0 Å². The number of anilines is 1. The predicted molar refractivity (Wildman–Crippen MR) is 89.1 cm³/mol. The van der Waals surface area contributed by atoms with Gasteiger partial charge in [-0.3, -0.25) is 4.72 Å². The van der Waals surface area contributed by atoms with Gasteiger partial charge < -0.3 is 5.32 Å². The van der Waals surface area contributed by atoms with Gasteiger partial charge in [-0.2, -0.15) is 0 Å². The molecule has 0 bridgehead atoms. The summed E-state index contributed by atoms with van der Waals surface area (Å²) in [5, 5.41) is 3.38. The zero-order chi connectivity index (χ0) is 14.9. The van der Waals surface area contributed by atoms with E-state index in [2.05, 4.69) is 26.0 Å². The third-order valence-electron chi connectivity index (χ3n) is 3.12. The zero-order valence-corrected chi connectivity index (χ0v) is 14.4. The van der Waals surface area contributed by atoms with Gasteiger partial charge in [-0.15, -0.1) is 11.3 Å². The van der Waals surface area contributed by atoms with Gasteiger partial charge in [0.2, 0.25) is 0 Å². The molecule has 0 unspecified atom stereocenters. The second-order valence-corrected chi connectivity index (χ2v) is 8.99. The van der Waals surface area contributed by atoms with Crippen LogP contribution in [-0.4, -0.2) is 14.5 Å². The normalized spacial score (nSPS) is 15.1. The van der Waals surface area contributed by atoms with Crippen molar-refractivity contribution in [1.29, 1.82) is 0 Å². The Morgan fingerprint density at radius 3 is 2.76 bits per heavy atom. The van der Waals surface area contributed by atoms with Crippen molar-refractivity contribution in [2.45, 2.75) is 29.6 Å². The maximum Gasteiger partial charge on any atom is 0.271 e. The Morgan fingerprint density at radius 2 is 2.05 bits per heavy atom. The first kappa shape index (κ1) is 15.0. The molecule has 0 spiro atoms. The summed E-state index contributed by atoms with van der Waals surface area (Å²) in [6, 6.07) is 11.3. The first-order chi connectivity index (χ1) is 10.0. The van der Waals surface area contributed by atoms with E-state index in [1.165, 1.54) is 24.2 Å². The average Bonchev–Trinajstić information content (AvgIpc) is 3.12. The molecular weight excluding hydrogens is 372 g/mol. The molecule has 1 aromatic carbocycles. The van der Waals surface area contributed by atoms with Gasteiger partial charge in [-0.1, -0.05) is 22.0 Å². The first-order valence-electron chi connectivity index (χ1n) is 6.63. The lowest BCUT2D eigenvalue weighted by Crippen LogP contribution is -2.14. The number of benzene rings is 1. The fourth-order valence-electron chi connectivity index (χ4n) is 1.89. The quantitative estimate of drug-likeness (QED) is 0.797. The fraction of sp³-hybridized carbons (Fsp3) is 0.286. The Balaban J connectivity index is 1.71. The number of sulfonamides is 1. The van der Waals surface area contributed by atoms with Crippen LogP contribution in [0.1, 0.15) is 17.7 Å². The highest BCUT2D eigenvalue weighted by Crippen LogP contribution is 2.26. The number of thiophene rings is 1. The van der Waals surface area contributed by atoms with E-state index in [0.717, 1.165) is 15.9 Å². The van der Waals surface area contributed by atoms with Crippen LogP contribution >= 0.6 is 27.3 Å². The molecule has 0 aliphatic heterocycles. The summed E-state index contributed by atoms with van der Waals surface area (Å²) in [7, 11) is -3.51. The third-order valence-corrected chi connectivity index (χ3v) is 6.57. The van der Waals surface area contributed by atoms with E-state index in [0.29, 0.717) is 15.9 Å². The molecule has 2 N–H and O–H groups in total. The van der Waals surface area contributed by atoms with Gasteiger partial charge in [0, 0.05) is 27.6 Å². The lowest BCUT2D eigenvalue weighted by molar-refractivity contribution is 0.603. The fourth-order valence-corrected chi connectivity index (χ4v) is 4.64. The van der Waals surface area contributed by atoms with Crippen molar-refractivity contribution >= 4 is 43.0 Å². The van der Waals surface area contributed by atoms with Gasteiger partial charge in [0.1, 0.15) is 4.21 Å². The number of hydrogen-bond acceptors (Lipinski definition) is 4. The van der Waals surface area contributed by atoms with Crippen LogP contribution in [-0.2, 0) is 16.6 Å². The number of hydrogen-bond donors (Lipinski definition) is 2. The summed E-state index contributed by atoms with van der Waals surface area (Å²) in [6.45, 7) is 0.738. The molecule has 1 saturated carbocycles. The van der Waals surface area contributed by atoms with Crippen molar-refractivity contribution in [2.24, 2.45) is 0 Å². The van der Waals surface area contributed by atoms with Crippen molar-refractivity contribution in [3.8, 4) is 0 Å². The van der Waals surface area contributed by atoms with Crippen molar-refractivity contribution in [3.05, 3.63) is 45.7 Å². The van der Waals surface area contributed by atoms with E-state index >= 15 is 0 Å². The van der Waals surface area contributed by atoms with Crippen molar-refractivity contribution in [1.82, 2.24) is 5.32 Å². The largest absolute Gasteiger partial charge is 0.309 e. The van der Waals surface area contributed by atoms with Crippen LogP contribution < -0.4 is 10.0 Å². The van der Waals surface area contributed by atoms with Gasteiger partial charge in [0.05, 0.1) is 0 Å². The van der Waals surface area contributed by atoms with Crippen LogP contribution in [0.3, 0.4) is 0 Å². The summed E-state index contributed by atoms with van der Waals surface area (Å²) < 4.78 is 28.5. The molecule has 0 saturated heterocycles. The molecule has 7 heteroatoms. The highest BCUT2D eigenvalue weighted by atomic mass is 79.9. The van der Waals surface area contributed by atoms with Crippen LogP contribution in [0, 0.1) is 0 Å². The minimum absolute atomic E-state index is 0.343. The van der Waals surface area contributed by atoms with Gasteiger partial charge in [-0.05, 0) is 43.2 Å². The molecule has 1 aliphatic rings. The molecule has 21 heavy (non-hydrogen) atoms. The van der Waals surface area contributed by atoms with Crippen LogP contribution in [0.15, 0.2) is 45.1 Å². The van der Waals surface area contributed by atoms with Crippen LogP contribution in [0.4, 0.5) is 5.69 Å². The topological polar surface area (TPSA) is 58.2 Å². The van der Waals surface area contributed by atoms with E-state index in [4.69, 9.17) is 0 Å². The van der Waals surface area contributed by atoms with E-state index in [1.807, 2.05) is 12.1 Å². The molecule has 0 radical (unpaired) electrons. The highest BCUT2D eigenvalue weighted by Gasteiger charge is 2.21. The lowest BCUT2D eigenvalue weighted by atomic mass is 10.3. The van der Waals surface area contributed by atoms with Crippen LogP contribution in [0.2, 0.25) is 0 Å².